The monoisotopic (exact) mass is 340 g/mol. The molecule has 0 amide bonds. The van der Waals surface area contributed by atoms with Crippen molar-refractivity contribution in [3.63, 3.8) is 0 Å². The van der Waals surface area contributed by atoms with Crippen LogP contribution < -0.4 is 0 Å². The van der Waals surface area contributed by atoms with Gasteiger partial charge in [0.1, 0.15) is 17.1 Å². The number of carbonyl (C=O) groups is 1. The van der Waals surface area contributed by atoms with Gasteiger partial charge in [-0.15, -0.1) is 0 Å². The van der Waals surface area contributed by atoms with Gasteiger partial charge >= 0.3 is 5.97 Å². The molecule has 20 heavy (non-hydrogen) atoms. The minimum absolute atomic E-state index is 0.109. The van der Waals surface area contributed by atoms with Crippen LogP contribution in [0.5, 0.6) is 0 Å². The van der Waals surface area contributed by atoms with E-state index in [2.05, 4.69) is 21.0 Å². The number of carboxylic acid groups (broad SMARTS) is 1. The van der Waals surface area contributed by atoms with Crippen LogP contribution in [0.1, 0.15) is 24.2 Å². The van der Waals surface area contributed by atoms with Crippen LogP contribution >= 0.6 is 15.9 Å². The van der Waals surface area contributed by atoms with Gasteiger partial charge in [0.25, 0.3) is 0 Å². The van der Waals surface area contributed by atoms with E-state index >= 15 is 0 Å². The predicted octanol–water partition coefficient (Wildman–Crippen LogP) is 3.81. The van der Waals surface area contributed by atoms with Crippen molar-refractivity contribution in [2.24, 2.45) is 5.92 Å². The molecule has 4 nitrogen and oxygen atoms in total. The zero-order valence-corrected chi connectivity index (χ0v) is 12.7. The number of carboxylic acids is 1. The van der Waals surface area contributed by atoms with E-state index in [1.54, 1.807) is 4.68 Å². The van der Waals surface area contributed by atoms with Crippen LogP contribution in [0, 0.1) is 11.7 Å². The van der Waals surface area contributed by atoms with Crippen molar-refractivity contribution in [3.8, 4) is 11.3 Å². The molecule has 0 saturated heterocycles. The van der Waals surface area contributed by atoms with Gasteiger partial charge in [0.2, 0.25) is 0 Å². The van der Waals surface area contributed by atoms with Crippen LogP contribution in [-0.2, 0) is 6.54 Å². The maximum absolute atomic E-state index is 13.1. The fraction of sp³-hybridized carbons (Fsp3) is 0.286. The van der Waals surface area contributed by atoms with Gasteiger partial charge in [-0.25, -0.2) is 9.18 Å². The molecular weight excluding hydrogens is 327 g/mol. The Balaban J connectivity index is 2.54. The molecule has 1 aromatic heterocycles. The van der Waals surface area contributed by atoms with Gasteiger partial charge in [-0.05, 0) is 40.0 Å². The molecule has 1 aromatic carbocycles. The van der Waals surface area contributed by atoms with E-state index in [-0.39, 0.29) is 11.4 Å². The molecule has 2 rings (SSSR count). The summed E-state index contributed by atoms with van der Waals surface area (Å²) >= 11 is 3.25. The Labute approximate surface area is 124 Å². The number of aromatic carboxylic acids is 1. The Morgan fingerprint density at radius 2 is 2.20 bits per heavy atom. The lowest BCUT2D eigenvalue weighted by atomic mass is 10.1. The highest BCUT2D eigenvalue weighted by atomic mass is 79.9. The first-order valence-corrected chi connectivity index (χ1v) is 6.94. The van der Waals surface area contributed by atoms with Crippen molar-refractivity contribution in [2.45, 2.75) is 20.4 Å². The summed E-state index contributed by atoms with van der Waals surface area (Å²) in [6.45, 7) is 4.67. The standard InChI is InChI=1S/C14H14BrFN2O2/c1-8(2)6-18-7-11(14(19)20)13(17-18)10-4-3-9(16)5-12(10)15/h3-5,7-8H,6H2,1-2H3,(H,19,20). The zero-order valence-electron chi connectivity index (χ0n) is 11.1. The Morgan fingerprint density at radius 3 is 2.75 bits per heavy atom. The van der Waals surface area contributed by atoms with Gasteiger partial charge in [-0.2, -0.15) is 5.10 Å². The molecule has 0 aliphatic carbocycles. The Morgan fingerprint density at radius 1 is 1.50 bits per heavy atom. The third kappa shape index (κ3) is 3.07. The quantitative estimate of drug-likeness (QED) is 0.920. The number of rotatable bonds is 4. The summed E-state index contributed by atoms with van der Waals surface area (Å²) in [7, 11) is 0. The molecule has 6 heteroatoms. The SMILES string of the molecule is CC(C)Cn1cc(C(=O)O)c(-c2ccc(F)cc2Br)n1. The average Bonchev–Trinajstić information content (AvgIpc) is 2.71. The number of hydrogen-bond acceptors (Lipinski definition) is 2. The highest BCUT2D eigenvalue weighted by molar-refractivity contribution is 9.10. The van der Waals surface area contributed by atoms with Gasteiger partial charge in [0.05, 0.1) is 0 Å². The van der Waals surface area contributed by atoms with E-state index in [4.69, 9.17) is 0 Å². The number of halogens is 2. The van der Waals surface area contributed by atoms with Crippen molar-refractivity contribution in [3.05, 3.63) is 40.2 Å². The van der Waals surface area contributed by atoms with Gasteiger partial charge in [0, 0.05) is 22.8 Å². The molecule has 0 spiro atoms. The molecular formula is C14H14BrFN2O2. The molecule has 2 aromatic rings. The van der Waals surface area contributed by atoms with E-state index < -0.39 is 5.97 Å². The van der Waals surface area contributed by atoms with Crippen molar-refractivity contribution in [1.82, 2.24) is 9.78 Å². The number of benzene rings is 1. The van der Waals surface area contributed by atoms with Gasteiger partial charge < -0.3 is 5.11 Å². The second kappa shape index (κ2) is 5.75. The second-order valence-electron chi connectivity index (χ2n) is 4.94. The van der Waals surface area contributed by atoms with Crippen LogP contribution in [0.3, 0.4) is 0 Å². The molecule has 0 radical (unpaired) electrons. The third-order valence-electron chi connectivity index (χ3n) is 2.73. The fourth-order valence-corrected chi connectivity index (χ4v) is 2.46. The van der Waals surface area contributed by atoms with Gasteiger partial charge in [0.15, 0.2) is 0 Å². The Hall–Kier alpha value is -1.69. The minimum Gasteiger partial charge on any atom is -0.478 e. The molecule has 0 unspecified atom stereocenters. The summed E-state index contributed by atoms with van der Waals surface area (Å²) in [5.41, 5.74) is 1.01. The summed E-state index contributed by atoms with van der Waals surface area (Å²) in [5.74, 6) is -1.09. The molecule has 1 N–H and O–H groups in total. The predicted molar refractivity (Wildman–Crippen MR) is 77.1 cm³/mol. The van der Waals surface area contributed by atoms with E-state index in [1.165, 1.54) is 24.4 Å². The van der Waals surface area contributed by atoms with E-state index in [0.29, 0.717) is 28.2 Å². The lowest BCUT2D eigenvalue weighted by Crippen LogP contribution is -2.04. The highest BCUT2D eigenvalue weighted by Crippen LogP contribution is 2.30. The molecule has 1 heterocycles. The Kier molecular flexibility index (Phi) is 4.23. The molecule has 0 atom stereocenters. The molecule has 0 saturated carbocycles. The summed E-state index contributed by atoms with van der Waals surface area (Å²) in [6, 6.07) is 4.10. The average molecular weight is 341 g/mol. The van der Waals surface area contributed by atoms with Crippen LogP contribution in [-0.4, -0.2) is 20.9 Å². The van der Waals surface area contributed by atoms with Crippen molar-refractivity contribution in [1.29, 1.82) is 0 Å². The normalized spacial score (nSPS) is 11.1. The van der Waals surface area contributed by atoms with E-state index in [0.717, 1.165) is 0 Å². The van der Waals surface area contributed by atoms with E-state index in [9.17, 15) is 14.3 Å². The van der Waals surface area contributed by atoms with Gasteiger partial charge in [-0.3, -0.25) is 4.68 Å². The maximum Gasteiger partial charge on any atom is 0.339 e. The molecule has 0 fully saturated rings. The lowest BCUT2D eigenvalue weighted by molar-refractivity contribution is 0.0697. The number of nitrogens with zero attached hydrogens (tertiary/aromatic N) is 2. The first-order chi connectivity index (χ1) is 9.38. The molecule has 0 aliphatic heterocycles. The fourth-order valence-electron chi connectivity index (χ4n) is 1.93. The lowest BCUT2D eigenvalue weighted by Gasteiger charge is -2.04. The van der Waals surface area contributed by atoms with Crippen LogP contribution in [0.15, 0.2) is 28.9 Å². The van der Waals surface area contributed by atoms with Gasteiger partial charge in [-0.1, -0.05) is 13.8 Å². The summed E-state index contributed by atoms with van der Waals surface area (Å²) in [6.07, 6.45) is 1.51. The second-order valence-corrected chi connectivity index (χ2v) is 5.79. The highest BCUT2D eigenvalue weighted by Gasteiger charge is 2.19. The molecule has 106 valence electrons. The summed E-state index contributed by atoms with van der Waals surface area (Å²) in [4.78, 5) is 11.3. The summed E-state index contributed by atoms with van der Waals surface area (Å²) in [5, 5.41) is 13.6. The van der Waals surface area contributed by atoms with Crippen molar-refractivity contribution >= 4 is 21.9 Å². The van der Waals surface area contributed by atoms with Crippen LogP contribution in [0.2, 0.25) is 0 Å². The Bertz CT molecular complexity index is 653. The van der Waals surface area contributed by atoms with Crippen molar-refractivity contribution in [2.75, 3.05) is 0 Å². The maximum atomic E-state index is 13.1. The van der Waals surface area contributed by atoms with Crippen LogP contribution in [0.25, 0.3) is 11.3 Å². The molecule has 0 bridgehead atoms. The largest absolute Gasteiger partial charge is 0.478 e. The number of aromatic nitrogens is 2. The first-order valence-electron chi connectivity index (χ1n) is 6.14. The topological polar surface area (TPSA) is 55.1 Å². The van der Waals surface area contributed by atoms with Crippen LogP contribution in [0.4, 0.5) is 4.39 Å². The smallest absolute Gasteiger partial charge is 0.339 e. The van der Waals surface area contributed by atoms with Crippen molar-refractivity contribution < 1.29 is 14.3 Å². The minimum atomic E-state index is -1.05. The third-order valence-corrected chi connectivity index (χ3v) is 3.39. The van der Waals surface area contributed by atoms with E-state index in [1.807, 2.05) is 13.8 Å². The number of hydrogen-bond donors (Lipinski definition) is 1. The zero-order chi connectivity index (χ0) is 14.9. The first kappa shape index (κ1) is 14.7. The summed E-state index contributed by atoms with van der Waals surface area (Å²) < 4.78 is 15.2. The molecule has 0 aliphatic rings.